The van der Waals surface area contributed by atoms with Crippen LogP contribution in [-0.4, -0.2) is 45.5 Å². The van der Waals surface area contributed by atoms with Crippen molar-refractivity contribution in [2.24, 2.45) is 0 Å². The lowest BCUT2D eigenvalue weighted by molar-refractivity contribution is 0.0299. The number of nitrogens with zero attached hydrogens (tertiary/aromatic N) is 1. The predicted octanol–water partition coefficient (Wildman–Crippen LogP) is 1.36. The van der Waals surface area contributed by atoms with Crippen LogP contribution in [0.15, 0.2) is 17.0 Å². The van der Waals surface area contributed by atoms with Crippen molar-refractivity contribution in [1.82, 2.24) is 4.90 Å². The fourth-order valence-electron chi connectivity index (χ4n) is 1.80. The Morgan fingerprint density at radius 2 is 1.85 bits per heavy atom. The van der Waals surface area contributed by atoms with E-state index in [1.165, 1.54) is 4.90 Å². The summed E-state index contributed by atoms with van der Waals surface area (Å²) in [6.45, 7) is 1.00. The third-order valence-corrected chi connectivity index (χ3v) is 4.15. The van der Waals surface area contributed by atoms with Gasteiger partial charge in [0.05, 0.1) is 23.7 Å². The molecule has 1 aliphatic heterocycles. The zero-order valence-corrected chi connectivity index (χ0v) is 11.7. The van der Waals surface area contributed by atoms with Gasteiger partial charge in [-0.25, -0.2) is 17.2 Å². The fraction of sp³-hybridized carbons (Fsp3) is 0.364. The van der Waals surface area contributed by atoms with E-state index in [1.807, 2.05) is 0 Å². The molecule has 1 heterocycles. The Morgan fingerprint density at radius 1 is 1.25 bits per heavy atom. The molecule has 1 saturated heterocycles. The monoisotopic (exact) mass is 325 g/mol. The molecule has 0 N–H and O–H groups in total. The second kappa shape index (κ2) is 5.63. The van der Waals surface area contributed by atoms with E-state index in [1.54, 1.807) is 0 Å². The Hall–Kier alpha value is -1.25. The van der Waals surface area contributed by atoms with Gasteiger partial charge in [0.15, 0.2) is 11.6 Å². The first-order valence-corrected chi connectivity index (χ1v) is 7.92. The zero-order valence-electron chi connectivity index (χ0n) is 10.1. The van der Waals surface area contributed by atoms with Gasteiger partial charge in [-0.1, -0.05) is 0 Å². The van der Waals surface area contributed by atoms with E-state index in [9.17, 15) is 22.0 Å². The Morgan fingerprint density at radius 3 is 2.40 bits per heavy atom. The topological polar surface area (TPSA) is 63.7 Å². The standard InChI is InChI=1S/C11H10ClF2NO4S/c12-20(17,18)7-5-8(10(14)9(13)6-7)11(16)15-1-3-19-4-2-15/h5-6H,1-4H2. The maximum Gasteiger partial charge on any atom is 0.261 e. The van der Waals surface area contributed by atoms with Crippen LogP contribution in [0, 0.1) is 11.6 Å². The number of rotatable bonds is 2. The highest BCUT2D eigenvalue weighted by Crippen LogP contribution is 2.23. The van der Waals surface area contributed by atoms with Crippen molar-refractivity contribution < 1.29 is 26.7 Å². The molecule has 0 saturated carbocycles. The molecule has 1 fully saturated rings. The van der Waals surface area contributed by atoms with Gasteiger partial charge < -0.3 is 9.64 Å². The van der Waals surface area contributed by atoms with Gasteiger partial charge in [0.1, 0.15) is 0 Å². The minimum atomic E-state index is -4.26. The second-order valence-electron chi connectivity index (χ2n) is 4.11. The number of carbonyl (C=O) groups excluding carboxylic acids is 1. The minimum Gasteiger partial charge on any atom is -0.378 e. The molecule has 0 atom stereocenters. The lowest BCUT2D eigenvalue weighted by Gasteiger charge is -2.27. The van der Waals surface area contributed by atoms with E-state index in [0.29, 0.717) is 6.07 Å². The van der Waals surface area contributed by atoms with Crippen molar-refractivity contribution in [3.63, 3.8) is 0 Å². The van der Waals surface area contributed by atoms with Gasteiger partial charge in [0, 0.05) is 23.8 Å². The quantitative estimate of drug-likeness (QED) is 0.770. The molecule has 0 unspecified atom stereocenters. The molecule has 20 heavy (non-hydrogen) atoms. The Kier molecular flexibility index (Phi) is 4.26. The summed E-state index contributed by atoms with van der Waals surface area (Å²) in [6, 6.07) is 1.17. The molecule has 1 aromatic carbocycles. The van der Waals surface area contributed by atoms with Gasteiger partial charge in [-0.05, 0) is 12.1 Å². The number of amides is 1. The van der Waals surface area contributed by atoms with Crippen molar-refractivity contribution in [2.75, 3.05) is 26.3 Å². The highest BCUT2D eigenvalue weighted by Gasteiger charge is 2.26. The van der Waals surface area contributed by atoms with E-state index in [-0.39, 0.29) is 26.3 Å². The van der Waals surface area contributed by atoms with E-state index in [0.717, 1.165) is 6.07 Å². The molecule has 9 heteroatoms. The minimum absolute atomic E-state index is 0.220. The lowest BCUT2D eigenvalue weighted by Crippen LogP contribution is -2.41. The summed E-state index contributed by atoms with van der Waals surface area (Å²) in [5, 5.41) is 0. The summed E-state index contributed by atoms with van der Waals surface area (Å²) in [5.41, 5.74) is -0.661. The highest BCUT2D eigenvalue weighted by atomic mass is 35.7. The van der Waals surface area contributed by atoms with Crippen molar-refractivity contribution >= 4 is 25.6 Å². The number of halogens is 3. The molecular weight excluding hydrogens is 316 g/mol. The van der Waals surface area contributed by atoms with Crippen LogP contribution in [-0.2, 0) is 13.8 Å². The first-order valence-electron chi connectivity index (χ1n) is 5.61. The summed E-state index contributed by atoms with van der Waals surface area (Å²) < 4.78 is 54.5. The number of morpholine rings is 1. The van der Waals surface area contributed by atoms with E-state index >= 15 is 0 Å². The van der Waals surface area contributed by atoms with Crippen LogP contribution in [0.25, 0.3) is 0 Å². The molecular formula is C11H10ClF2NO4S. The number of hydrogen-bond acceptors (Lipinski definition) is 4. The van der Waals surface area contributed by atoms with Crippen LogP contribution >= 0.6 is 10.7 Å². The average molecular weight is 326 g/mol. The smallest absolute Gasteiger partial charge is 0.261 e. The van der Waals surface area contributed by atoms with Gasteiger partial charge in [-0.2, -0.15) is 0 Å². The number of benzene rings is 1. The van der Waals surface area contributed by atoms with Gasteiger partial charge in [0.25, 0.3) is 15.0 Å². The third-order valence-electron chi connectivity index (χ3n) is 2.81. The van der Waals surface area contributed by atoms with Gasteiger partial charge >= 0.3 is 0 Å². The number of ether oxygens (including phenoxy) is 1. The van der Waals surface area contributed by atoms with Crippen molar-refractivity contribution in [1.29, 1.82) is 0 Å². The number of carbonyl (C=O) groups is 1. The normalized spacial score (nSPS) is 16.2. The fourth-order valence-corrected chi connectivity index (χ4v) is 2.57. The van der Waals surface area contributed by atoms with Crippen LogP contribution in [0.3, 0.4) is 0 Å². The molecule has 1 aromatic rings. The maximum absolute atomic E-state index is 13.7. The third kappa shape index (κ3) is 3.08. The molecule has 0 spiro atoms. The lowest BCUT2D eigenvalue weighted by atomic mass is 10.1. The summed E-state index contributed by atoms with van der Waals surface area (Å²) in [7, 11) is 0.825. The molecule has 0 radical (unpaired) electrons. The van der Waals surface area contributed by atoms with Crippen LogP contribution in [0.2, 0.25) is 0 Å². The van der Waals surface area contributed by atoms with Crippen LogP contribution < -0.4 is 0 Å². The van der Waals surface area contributed by atoms with Crippen molar-refractivity contribution in [3.8, 4) is 0 Å². The van der Waals surface area contributed by atoms with E-state index < -0.39 is 37.1 Å². The van der Waals surface area contributed by atoms with Crippen LogP contribution in [0.1, 0.15) is 10.4 Å². The van der Waals surface area contributed by atoms with Gasteiger partial charge in [-0.15, -0.1) is 0 Å². The molecule has 0 aliphatic carbocycles. The first-order chi connectivity index (χ1) is 9.30. The molecule has 1 amide bonds. The number of hydrogen-bond donors (Lipinski definition) is 0. The Balaban J connectivity index is 2.44. The molecule has 5 nitrogen and oxygen atoms in total. The van der Waals surface area contributed by atoms with Crippen LogP contribution in [0.4, 0.5) is 8.78 Å². The van der Waals surface area contributed by atoms with Crippen molar-refractivity contribution in [2.45, 2.75) is 4.90 Å². The van der Waals surface area contributed by atoms with Crippen molar-refractivity contribution in [3.05, 3.63) is 29.3 Å². The van der Waals surface area contributed by atoms with E-state index in [2.05, 4.69) is 0 Å². The highest BCUT2D eigenvalue weighted by molar-refractivity contribution is 8.13. The summed E-state index contributed by atoms with van der Waals surface area (Å²) >= 11 is 0. The first kappa shape index (κ1) is 15.1. The second-order valence-corrected chi connectivity index (χ2v) is 6.67. The van der Waals surface area contributed by atoms with Crippen LogP contribution in [0.5, 0.6) is 0 Å². The molecule has 2 rings (SSSR count). The maximum atomic E-state index is 13.7. The van der Waals surface area contributed by atoms with Gasteiger partial charge in [0.2, 0.25) is 0 Å². The molecule has 0 bridgehead atoms. The Labute approximate surface area is 118 Å². The average Bonchev–Trinajstić information content (AvgIpc) is 2.40. The molecule has 110 valence electrons. The molecule has 1 aliphatic rings. The summed E-state index contributed by atoms with van der Waals surface area (Å²) in [4.78, 5) is 12.7. The molecule has 0 aromatic heterocycles. The van der Waals surface area contributed by atoms with Gasteiger partial charge in [-0.3, -0.25) is 4.79 Å². The largest absolute Gasteiger partial charge is 0.378 e. The SMILES string of the molecule is O=C(c1cc(S(=O)(=O)Cl)cc(F)c1F)N1CCOCC1. The summed E-state index contributed by atoms with van der Waals surface area (Å²) in [5.74, 6) is -3.64. The zero-order chi connectivity index (χ0) is 14.9. The Bertz CT molecular complexity index is 644. The van der Waals surface area contributed by atoms with E-state index in [4.69, 9.17) is 15.4 Å². The predicted molar refractivity (Wildman–Crippen MR) is 66.1 cm³/mol. The summed E-state index contributed by atoms with van der Waals surface area (Å²) in [6.07, 6.45) is 0.